The zero-order valence-corrected chi connectivity index (χ0v) is 49.1. The summed E-state index contributed by atoms with van der Waals surface area (Å²) in [6.45, 7) is 29.0. The maximum Gasteiger partial charge on any atom is 0.341 e. The van der Waals surface area contributed by atoms with Gasteiger partial charge in [-0.3, -0.25) is 0 Å². The minimum atomic E-state index is -0.566. The van der Waals surface area contributed by atoms with Crippen LogP contribution in [0, 0.1) is 11.8 Å². The number of phenolic OH excluding ortho intramolecular Hbond substituents is 6. The number of hydrogen-bond acceptors (Lipinski definition) is 10. The third kappa shape index (κ3) is 19.1. The molecule has 1 unspecified atom stereocenters. The molecule has 2 aliphatic carbocycles. The van der Waals surface area contributed by atoms with Gasteiger partial charge in [-0.2, -0.15) is 0 Å². The van der Waals surface area contributed by atoms with Crippen LogP contribution in [-0.4, -0.2) is 56.8 Å². The summed E-state index contributed by atoms with van der Waals surface area (Å²) in [5.41, 5.74) is 11.2. The fourth-order valence-electron chi connectivity index (χ4n) is 10.7. The van der Waals surface area contributed by atoms with E-state index in [9.17, 15) is 40.2 Å². The van der Waals surface area contributed by atoms with Gasteiger partial charge >= 0.3 is 11.9 Å². The largest absolute Gasteiger partial charge is 0.508 e. The summed E-state index contributed by atoms with van der Waals surface area (Å²) < 4.78 is 9.79. The van der Waals surface area contributed by atoms with Crippen LogP contribution in [-0.2, 0) is 35.2 Å². The molecule has 0 aliphatic heterocycles. The number of phenols is 6. The van der Waals surface area contributed by atoms with Gasteiger partial charge in [0.15, 0.2) is 0 Å². The number of unbranched alkanes of at least 4 members (excludes halogenated alkanes) is 6. The number of aromatic hydroxyl groups is 6. The van der Waals surface area contributed by atoms with Crippen LogP contribution in [0.1, 0.15) is 231 Å². The smallest absolute Gasteiger partial charge is 0.341 e. The molecule has 6 N–H and O–H groups in total. The van der Waals surface area contributed by atoms with E-state index in [1.54, 1.807) is 12.1 Å². The molecule has 0 amide bonds. The van der Waals surface area contributed by atoms with E-state index in [2.05, 4.69) is 79.9 Å². The Bertz CT molecular complexity index is 2580. The van der Waals surface area contributed by atoms with Crippen LogP contribution in [0.15, 0.2) is 95.2 Å². The topological polar surface area (TPSA) is 174 Å². The van der Waals surface area contributed by atoms with Crippen molar-refractivity contribution in [3.8, 4) is 34.5 Å². The van der Waals surface area contributed by atoms with Gasteiger partial charge in [0.1, 0.15) is 45.6 Å². The van der Waals surface area contributed by atoms with E-state index >= 15 is 0 Å². The monoisotopic (exact) mass is 1060 g/mol. The summed E-state index contributed by atoms with van der Waals surface area (Å²) in [6, 6.07) is 6.89. The second-order valence-electron chi connectivity index (χ2n) is 22.0. The van der Waals surface area contributed by atoms with Gasteiger partial charge in [-0.05, 0) is 185 Å². The van der Waals surface area contributed by atoms with E-state index in [4.69, 9.17) is 9.47 Å². The maximum absolute atomic E-state index is 12.4. The first-order valence-corrected chi connectivity index (χ1v) is 28.4. The Balaban J connectivity index is 0.000000305. The standard InChI is InChI=1S/C23H32O4.C23H34O4.C21H30O2/c1-6-7-8-9-16-13-19(24)21(22(25)20(16)23(26)27-5)18-12-15(4)10-11-17(18)14(2)3;1-6-7-8-12-18-15-20(24)19(22(25)21(18)23(26)27-5)14-13-17(4)11-9-10-16(2)3;1-5-6-7-8-16-12-19(22)21(20(23)13-16)18-11-15(4)9-10-17(18)14(2)3/h12-13,17-18,24-25H,2,6-11H2,1,3-5H3;10,13,15,24-25H,6-9,11-12,14H2,1-5H3;11-13,17-18,22-23H,2,5-10H2,1,3-4H3/b;17-13+;/t17-,18?;;17-,18+/m0.0/s1. The number of aryl methyl sites for hydroxylation is 3. The highest BCUT2D eigenvalue weighted by Gasteiger charge is 2.34. The number of ether oxygens (including phenoxy) is 2. The van der Waals surface area contributed by atoms with Gasteiger partial charge in [0.05, 0.1) is 14.2 Å². The zero-order chi connectivity index (χ0) is 57.5. The Morgan fingerprint density at radius 1 is 0.584 bits per heavy atom. The molecule has 77 heavy (non-hydrogen) atoms. The van der Waals surface area contributed by atoms with Crippen LogP contribution < -0.4 is 0 Å². The third-order valence-electron chi connectivity index (χ3n) is 15.2. The molecular formula is C67H96O10. The molecule has 0 spiro atoms. The molecule has 0 heterocycles. The molecule has 0 saturated heterocycles. The number of carbonyl (C=O) groups is 2. The molecular weight excluding hydrogens is 965 g/mol. The number of rotatable bonds is 23. The first-order valence-electron chi connectivity index (χ1n) is 28.4. The molecule has 0 fully saturated rings. The normalized spacial score (nSPS) is 17.1. The third-order valence-corrected chi connectivity index (χ3v) is 15.2. The fourth-order valence-corrected chi connectivity index (χ4v) is 10.7. The average molecular weight is 1060 g/mol. The number of carbonyl (C=O) groups excluding carboxylic acids is 2. The highest BCUT2D eigenvalue weighted by atomic mass is 16.5. The molecule has 2 aliphatic rings. The van der Waals surface area contributed by atoms with Gasteiger partial charge in [-0.25, -0.2) is 9.59 Å². The summed E-state index contributed by atoms with van der Waals surface area (Å²) >= 11 is 0. The summed E-state index contributed by atoms with van der Waals surface area (Å²) in [6.07, 6.45) is 26.2. The molecule has 4 atom stereocenters. The fraction of sp³-hybridized carbons (Fsp3) is 0.522. The van der Waals surface area contributed by atoms with Gasteiger partial charge in [-0.1, -0.05) is 130 Å². The van der Waals surface area contributed by atoms with Crippen molar-refractivity contribution in [1.82, 2.24) is 0 Å². The first kappa shape index (κ1) is 65.1. The lowest BCUT2D eigenvalue weighted by atomic mass is 9.73. The van der Waals surface area contributed by atoms with Crippen molar-refractivity contribution in [2.45, 2.75) is 203 Å². The number of benzene rings is 3. The van der Waals surface area contributed by atoms with Crippen LogP contribution in [0.3, 0.4) is 0 Å². The predicted molar refractivity (Wildman–Crippen MR) is 316 cm³/mol. The van der Waals surface area contributed by atoms with Crippen molar-refractivity contribution >= 4 is 11.9 Å². The summed E-state index contributed by atoms with van der Waals surface area (Å²) in [5, 5.41) is 64.0. The van der Waals surface area contributed by atoms with Crippen LogP contribution in [0.25, 0.3) is 0 Å². The molecule has 10 heteroatoms. The Morgan fingerprint density at radius 2 is 1.01 bits per heavy atom. The molecule has 3 aromatic rings. The van der Waals surface area contributed by atoms with Gasteiger partial charge in [0, 0.05) is 28.5 Å². The second-order valence-corrected chi connectivity index (χ2v) is 22.0. The van der Waals surface area contributed by atoms with Gasteiger partial charge < -0.3 is 40.1 Å². The number of esters is 2. The quantitative estimate of drug-likeness (QED) is 0.0305. The maximum atomic E-state index is 12.4. The van der Waals surface area contributed by atoms with Crippen LogP contribution in [0.2, 0.25) is 0 Å². The van der Waals surface area contributed by atoms with Crippen LogP contribution >= 0.6 is 0 Å². The highest BCUT2D eigenvalue weighted by Crippen LogP contribution is 2.49. The van der Waals surface area contributed by atoms with E-state index in [-0.39, 0.29) is 69.3 Å². The van der Waals surface area contributed by atoms with Gasteiger partial charge in [0.2, 0.25) is 0 Å². The van der Waals surface area contributed by atoms with Crippen molar-refractivity contribution in [1.29, 1.82) is 0 Å². The molecule has 3 aromatic carbocycles. The lowest BCUT2D eigenvalue weighted by Crippen LogP contribution is -2.18. The van der Waals surface area contributed by atoms with E-state index in [0.717, 1.165) is 107 Å². The molecule has 5 rings (SSSR count). The molecule has 424 valence electrons. The van der Waals surface area contributed by atoms with Crippen LogP contribution in [0.5, 0.6) is 34.5 Å². The van der Waals surface area contributed by atoms with Crippen LogP contribution in [0.4, 0.5) is 0 Å². The minimum absolute atomic E-state index is 0.0194. The zero-order valence-electron chi connectivity index (χ0n) is 49.1. The van der Waals surface area contributed by atoms with E-state index < -0.39 is 11.9 Å². The second kappa shape index (κ2) is 32.5. The lowest BCUT2D eigenvalue weighted by molar-refractivity contribution is 0.0586. The summed E-state index contributed by atoms with van der Waals surface area (Å²) in [4.78, 5) is 24.6. The number of methoxy groups -OCH3 is 2. The molecule has 0 radical (unpaired) electrons. The minimum Gasteiger partial charge on any atom is -0.508 e. The van der Waals surface area contributed by atoms with E-state index in [1.165, 1.54) is 49.4 Å². The number of allylic oxidation sites excluding steroid dienone is 10. The van der Waals surface area contributed by atoms with Gasteiger partial charge in [0.25, 0.3) is 0 Å². The summed E-state index contributed by atoms with van der Waals surface area (Å²) in [7, 11) is 2.61. The summed E-state index contributed by atoms with van der Waals surface area (Å²) in [5.74, 6) is -0.740. The van der Waals surface area contributed by atoms with Crippen molar-refractivity contribution in [3.63, 3.8) is 0 Å². The van der Waals surface area contributed by atoms with Crippen molar-refractivity contribution in [3.05, 3.63) is 140 Å². The molecule has 0 bridgehead atoms. The van der Waals surface area contributed by atoms with Gasteiger partial charge in [-0.15, -0.1) is 0 Å². The Labute approximate surface area is 463 Å². The van der Waals surface area contributed by atoms with Crippen molar-refractivity contribution in [2.24, 2.45) is 11.8 Å². The molecule has 0 aromatic heterocycles. The SMILES string of the molecule is C=C(C)[C@@H]1CCC(C)=CC1c1c(O)cc(CCCCC)c(C(=O)OC)c1O.C=C(C)[C@@H]1CCC(C)=C[C@H]1c1c(O)cc(CCCCC)cc1O.CCCCCc1cc(O)c(C/C=C(\C)CCC=C(C)C)c(O)c1C(=O)OC. The van der Waals surface area contributed by atoms with E-state index in [0.29, 0.717) is 47.1 Å². The van der Waals surface area contributed by atoms with Crippen molar-refractivity contribution < 1.29 is 49.7 Å². The Kier molecular flexibility index (Phi) is 27.5. The van der Waals surface area contributed by atoms with Crippen molar-refractivity contribution in [2.75, 3.05) is 14.2 Å². The Morgan fingerprint density at radius 3 is 1.45 bits per heavy atom. The molecule has 10 nitrogen and oxygen atoms in total. The highest BCUT2D eigenvalue weighted by molar-refractivity contribution is 5.96. The predicted octanol–water partition coefficient (Wildman–Crippen LogP) is 17.3. The Hall–Kier alpha value is -6.16. The van der Waals surface area contributed by atoms with E-state index in [1.807, 2.05) is 39.0 Å². The lowest BCUT2D eigenvalue weighted by Gasteiger charge is -2.32. The number of hydrogen-bond donors (Lipinski definition) is 6. The molecule has 0 saturated carbocycles. The first-order chi connectivity index (χ1) is 36.6. The average Bonchev–Trinajstić information content (AvgIpc) is 3.36.